The Morgan fingerprint density at radius 1 is 1.09 bits per heavy atom. The van der Waals surface area contributed by atoms with Crippen molar-refractivity contribution in [2.45, 2.75) is 69.7 Å². The topological polar surface area (TPSA) is 102 Å². The first-order valence-corrected chi connectivity index (χ1v) is 12.2. The summed E-state index contributed by atoms with van der Waals surface area (Å²) >= 11 is 0. The first-order valence-electron chi connectivity index (χ1n) is 12.2. The van der Waals surface area contributed by atoms with Crippen LogP contribution < -0.4 is 4.90 Å². The van der Waals surface area contributed by atoms with E-state index in [-0.39, 0.29) is 11.9 Å². The molecule has 0 aromatic heterocycles. The molecule has 1 saturated carbocycles. The van der Waals surface area contributed by atoms with E-state index in [0.29, 0.717) is 19.5 Å². The van der Waals surface area contributed by atoms with E-state index in [1.165, 1.54) is 27.9 Å². The number of ether oxygens (including phenoxy) is 3. The summed E-state index contributed by atoms with van der Waals surface area (Å²) in [7, 11) is 1.34. The van der Waals surface area contributed by atoms with Crippen molar-refractivity contribution in [2.24, 2.45) is 11.8 Å². The summed E-state index contributed by atoms with van der Waals surface area (Å²) in [5, 5.41) is 0. The molecule has 1 amide bonds. The normalized spacial score (nSPS) is 35.5. The van der Waals surface area contributed by atoms with Crippen molar-refractivity contribution in [1.82, 2.24) is 4.90 Å². The average Bonchev–Trinajstić information content (AvgIpc) is 3.32. The monoisotopic (exact) mass is 484 g/mol. The summed E-state index contributed by atoms with van der Waals surface area (Å²) in [5.41, 5.74) is 0.193. The van der Waals surface area contributed by atoms with Gasteiger partial charge in [-0.2, -0.15) is 0 Å². The van der Waals surface area contributed by atoms with Gasteiger partial charge in [0.1, 0.15) is 6.10 Å². The van der Waals surface area contributed by atoms with Crippen molar-refractivity contribution in [2.75, 3.05) is 25.1 Å². The quantitative estimate of drug-likeness (QED) is 0.471. The maximum Gasteiger partial charge on any atom is 0.311 e. The summed E-state index contributed by atoms with van der Waals surface area (Å²) in [5.74, 6) is -2.90. The number of carbonyl (C=O) groups excluding carboxylic acids is 4. The molecule has 1 aromatic carbocycles. The Kier molecular flexibility index (Phi) is 5.47. The molecule has 1 aromatic rings. The van der Waals surface area contributed by atoms with Crippen LogP contribution in [0.25, 0.3) is 0 Å². The summed E-state index contributed by atoms with van der Waals surface area (Å²) < 4.78 is 17.0. The maximum atomic E-state index is 13.6. The number of rotatable bonds is 4. The van der Waals surface area contributed by atoms with Crippen molar-refractivity contribution in [3.05, 3.63) is 29.8 Å². The van der Waals surface area contributed by atoms with Crippen LogP contribution in [0, 0.1) is 11.8 Å². The Hall–Kier alpha value is -2.94. The molecule has 2 bridgehead atoms. The molecule has 35 heavy (non-hydrogen) atoms. The van der Waals surface area contributed by atoms with Crippen molar-refractivity contribution in [3.63, 3.8) is 0 Å². The van der Waals surface area contributed by atoms with E-state index in [4.69, 9.17) is 14.2 Å². The van der Waals surface area contributed by atoms with Crippen LogP contribution in [0.15, 0.2) is 24.3 Å². The molecule has 3 aliphatic heterocycles. The number of piperidine rings is 1. The largest absolute Gasteiger partial charge is 0.469 e. The van der Waals surface area contributed by atoms with Crippen LogP contribution >= 0.6 is 0 Å². The lowest BCUT2D eigenvalue weighted by Crippen LogP contribution is -2.74. The van der Waals surface area contributed by atoms with E-state index in [1.807, 2.05) is 18.2 Å². The summed E-state index contributed by atoms with van der Waals surface area (Å²) in [6, 6.07) is 7.42. The van der Waals surface area contributed by atoms with E-state index < -0.39 is 52.9 Å². The minimum absolute atomic E-state index is 0.0390. The zero-order valence-electron chi connectivity index (χ0n) is 20.8. The lowest BCUT2D eigenvalue weighted by molar-refractivity contribution is -0.225. The molecule has 0 N–H and O–H groups in total. The van der Waals surface area contributed by atoms with Gasteiger partial charge in [-0.25, -0.2) is 0 Å². The van der Waals surface area contributed by atoms with Gasteiger partial charge < -0.3 is 19.1 Å². The molecule has 4 aliphatic rings. The number of methoxy groups -OCH3 is 1. The number of fused-ring (bicyclic) bond motifs is 2. The predicted molar refractivity (Wildman–Crippen MR) is 124 cm³/mol. The van der Waals surface area contributed by atoms with E-state index in [0.717, 1.165) is 17.7 Å². The van der Waals surface area contributed by atoms with Crippen LogP contribution in [-0.4, -0.2) is 72.7 Å². The Morgan fingerprint density at radius 2 is 1.80 bits per heavy atom. The van der Waals surface area contributed by atoms with Crippen molar-refractivity contribution >= 4 is 29.5 Å². The average molecular weight is 485 g/mol. The zero-order valence-corrected chi connectivity index (χ0v) is 20.8. The number of anilines is 1. The second-order valence-electron chi connectivity index (χ2n) is 10.3. The number of para-hydroxylation sites is 1. The molecular formula is C26H32N2O7. The second-order valence-corrected chi connectivity index (χ2v) is 10.3. The molecule has 1 spiro atoms. The van der Waals surface area contributed by atoms with Crippen LogP contribution in [0.2, 0.25) is 0 Å². The Balaban J connectivity index is 1.75. The lowest BCUT2D eigenvalue weighted by atomic mass is 9.52. The molecule has 5 rings (SSSR count). The standard InChI is InChI=1S/C26H32N2O7/c1-14(34-16(3)30)26(35-17(4)31)13-27-11-10-25-18-8-6-7-9-20(18)28(15(2)29)23(25)22(24(32)33-5)19(26)12-21(25)27/h6-9,14,19,21-23H,10-13H2,1-5H3. The van der Waals surface area contributed by atoms with Crippen LogP contribution in [0.5, 0.6) is 0 Å². The van der Waals surface area contributed by atoms with Gasteiger partial charge in [-0.15, -0.1) is 0 Å². The third-order valence-electron chi connectivity index (χ3n) is 8.83. The number of hydrogen-bond acceptors (Lipinski definition) is 8. The molecular weight excluding hydrogens is 452 g/mol. The highest BCUT2D eigenvalue weighted by atomic mass is 16.6. The molecule has 7 unspecified atom stereocenters. The smallest absolute Gasteiger partial charge is 0.311 e. The van der Waals surface area contributed by atoms with Gasteiger partial charge in [0.05, 0.1) is 19.1 Å². The Labute approximate surface area is 204 Å². The minimum atomic E-state index is -1.26. The third kappa shape index (κ3) is 3.09. The number of esters is 3. The highest BCUT2D eigenvalue weighted by Crippen LogP contribution is 2.64. The first kappa shape index (κ1) is 23.8. The van der Waals surface area contributed by atoms with Crippen LogP contribution in [0.3, 0.4) is 0 Å². The summed E-state index contributed by atoms with van der Waals surface area (Å²) in [4.78, 5) is 55.2. The van der Waals surface area contributed by atoms with Crippen molar-refractivity contribution < 1.29 is 33.4 Å². The van der Waals surface area contributed by atoms with Gasteiger partial charge >= 0.3 is 17.9 Å². The summed E-state index contributed by atoms with van der Waals surface area (Å²) in [6.07, 6.45) is 0.501. The Morgan fingerprint density at radius 3 is 2.43 bits per heavy atom. The fraction of sp³-hybridized carbons (Fsp3) is 0.615. The summed E-state index contributed by atoms with van der Waals surface area (Å²) in [6.45, 7) is 6.91. The fourth-order valence-electron chi connectivity index (χ4n) is 7.86. The van der Waals surface area contributed by atoms with Crippen molar-refractivity contribution in [3.8, 4) is 0 Å². The molecule has 2 saturated heterocycles. The number of carbonyl (C=O) groups is 4. The van der Waals surface area contributed by atoms with Gasteiger partial charge in [0.15, 0.2) is 5.60 Å². The number of hydrogen-bond donors (Lipinski definition) is 0. The van der Waals surface area contributed by atoms with Gasteiger partial charge in [0, 0.05) is 50.4 Å². The van der Waals surface area contributed by atoms with Crippen LogP contribution in [0.1, 0.15) is 46.1 Å². The maximum absolute atomic E-state index is 13.6. The van der Waals surface area contributed by atoms with Crippen LogP contribution in [-0.2, 0) is 38.8 Å². The molecule has 3 heterocycles. The van der Waals surface area contributed by atoms with Gasteiger partial charge in [0.2, 0.25) is 5.91 Å². The molecule has 3 fully saturated rings. The minimum Gasteiger partial charge on any atom is -0.469 e. The number of nitrogens with zero attached hydrogens (tertiary/aromatic N) is 2. The van der Waals surface area contributed by atoms with Crippen molar-refractivity contribution in [1.29, 1.82) is 0 Å². The van der Waals surface area contributed by atoms with Gasteiger partial charge in [0.25, 0.3) is 0 Å². The number of benzene rings is 1. The molecule has 9 heteroatoms. The highest BCUT2D eigenvalue weighted by Gasteiger charge is 2.74. The predicted octanol–water partition coefficient (Wildman–Crippen LogP) is 1.81. The first-order chi connectivity index (χ1) is 16.6. The highest BCUT2D eigenvalue weighted by molar-refractivity contribution is 5.97. The fourth-order valence-corrected chi connectivity index (χ4v) is 7.86. The van der Waals surface area contributed by atoms with E-state index in [2.05, 4.69) is 11.0 Å². The molecule has 188 valence electrons. The lowest BCUT2D eigenvalue weighted by Gasteiger charge is -2.60. The van der Waals surface area contributed by atoms with Gasteiger partial charge in [-0.3, -0.25) is 24.1 Å². The van der Waals surface area contributed by atoms with E-state index in [1.54, 1.807) is 11.8 Å². The second kappa shape index (κ2) is 8.05. The molecule has 1 aliphatic carbocycles. The SMILES string of the molecule is COC(=O)C1C2CC3N(CCC34c3ccccc3N(C(C)=O)C14)CC2(OC(C)=O)C(C)OC(C)=O. The molecule has 7 atom stereocenters. The van der Waals surface area contributed by atoms with E-state index in [9.17, 15) is 19.2 Å². The molecule has 9 nitrogen and oxygen atoms in total. The van der Waals surface area contributed by atoms with Gasteiger partial charge in [-0.1, -0.05) is 18.2 Å². The third-order valence-corrected chi connectivity index (χ3v) is 8.83. The Bertz CT molecular complexity index is 1100. The van der Waals surface area contributed by atoms with E-state index >= 15 is 0 Å². The zero-order chi connectivity index (χ0) is 25.3. The van der Waals surface area contributed by atoms with Crippen LogP contribution in [0.4, 0.5) is 5.69 Å². The molecule has 0 radical (unpaired) electrons. The van der Waals surface area contributed by atoms with Gasteiger partial charge in [-0.05, 0) is 37.9 Å². The number of amides is 1.